The summed E-state index contributed by atoms with van der Waals surface area (Å²) in [6, 6.07) is 0. The van der Waals surface area contributed by atoms with Crippen molar-refractivity contribution < 1.29 is 9.84 Å². The van der Waals surface area contributed by atoms with Crippen LogP contribution in [-0.2, 0) is 4.74 Å². The predicted molar refractivity (Wildman–Crippen MR) is 48.3 cm³/mol. The van der Waals surface area contributed by atoms with Gasteiger partial charge in [0.15, 0.2) is 0 Å². The predicted octanol–water partition coefficient (Wildman–Crippen LogP) is 1.18. The van der Waals surface area contributed by atoms with Crippen LogP contribution >= 0.6 is 11.5 Å². The lowest BCUT2D eigenvalue weighted by molar-refractivity contribution is 0.120. The fraction of sp³-hybridized carbons (Fsp3) is 0.500. The Morgan fingerprint density at radius 2 is 2.54 bits per heavy atom. The Morgan fingerprint density at radius 1 is 1.69 bits per heavy atom. The highest BCUT2D eigenvalue weighted by Crippen LogP contribution is 2.29. The van der Waals surface area contributed by atoms with Gasteiger partial charge in [0.2, 0.25) is 0 Å². The molecule has 0 spiro atoms. The lowest BCUT2D eigenvalue weighted by Gasteiger charge is -2.09. The fourth-order valence-electron chi connectivity index (χ4n) is 1.25. The lowest BCUT2D eigenvalue weighted by atomic mass is 10.2. The number of aliphatic hydroxyl groups is 1. The molecule has 1 aromatic rings. The minimum Gasteiger partial charge on any atom is -0.495 e. The first-order chi connectivity index (χ1) is 6.29. The normalized spacial score (nSPS) is 18.2. The van der Waals surface area contributed by atoms with Crippen molar-refractivity contribution in [3.8, 4) is 0 Å². The molecule has 0 radical (unpaired) electrons. The maximum absolute atomic E-state index is 9.83. The Kier molecular flexibility index (Phi) is 2.28. The summed E-state index contributed by atoms with van der Waals surface area (Å²) in [7, 11) is 0. The van der Waals surface area contributed by atoms with Gasteiger partial charge >= 0.3 is 0 Å². The summed E-state index contributed by atoms with van der Waals surface area (Å²) in [6.45, 7) is 2.50. The Hall–Kier alpha value is -0.940. The standard InChI is InChI=1S/C8H10N2O2S/c1-5-8(13-10-9-5)7(11)6-3-2-4-12-6/h3,7,11H,2,4H2,1H3. The smallest absolute Gasteiger partial charge is 0.148 e. The molecule has 0 aliphatic carbocycles. The Balaban J connectivity index is 2.21. The summed E-state index contributed by atoms with van der Waals surface area (Å²) >= 11 is 1.21. The maximum Gasteiger partial charge on any atom is 0.148 e. The summed E-state index contributed by atoms with van der Waals surface area (Å²) in [5.74, 6) is 0.633. The summed E-state index contributed by atoms with van der Waals surface area (Å²) in [4.78, 5) is 0.771. The second kappa shape index (κ2) is 3.43. The van der Waals surface area contributed by atoms with Crippen LogP contribution in [0.5, 0.6) is 0 Å². The van der Waals surface area contributed by atoms with Crippen LogP contribution in [-0.4, -0.2) is 21.3 Å². The molecule has 0 bridgehead atoms. The third-order valence-corrected chi connectivity index (χ3v) is 2.82. The SMILES string of the molecule is Cc1nnsc1C(O)C1=CCCO1. The van der Waals surface area contributed by atoms with Crippen LogP contribution in [0, 0.1) is 6.92 Å². The summed E-state index contributed by atoms with van der Waals surface area (Å²) in [5, 5.41) is 13.7. The molecule has 0 saturated carbocycles. The number of hydrogen-bond donors (Lipinski definition) is 1. The molecule has 13 heavy (non-hydrogen) atoms. The zero-order valence-electron chi connectivity index (χ0n) is 7.23. The summed E-state index contributed by atoms with van der Waals surface area (Å²) < 4.78 is 9.02. The number of rotatable bonds is 2. The van der Waals surface area contributed by atoms with E-state index in [1.54, 1.807) is 0 Å². The van der Waals surface area contributed by atoms with Crippen LogP contribution in [0.2, 0.25) is 0 Å². The van der Waals surface area contributed by atoms with E-state index in [2.05, 4.69) is 9.59 Å². The van der Waals surface area contributed by atoms with E-state index in [-0.39, 0.29) is 0 Å². The minimum absolute atomic E-state index is 0.633. The molecule has 1 aromatic heterocycles. The molecule has 0 saturated heterocycles. The van der Waals surface area contributed by atoms with E-state index < -0.39 is 6.10 Å². The molecule has 0 fully saturated rings. The average molecular weight is 198 g/mol. The number of nitrogens with zero attached hydrogens (tertiary/aromatic N) is 2. The Morgan fingerprint density at radius 3 is 3.08 bits per heavy atom. The molecular weight excluding hydrogens is 188 g/mol. The Labute approximate surface area is 80.0 Å². The monoisotopic (exact) mass is 198 g/mol. The van der Waals surface area contributed by atoms with Gasteiger partial charge < -0.3 is 9.84 Å². The zero-order chi connectivity index (χ0) is 9.26. The van der Waals surface area contributed by atoms with E-state index in [4.69, 9.17) is 4.74 Å². The van der Waals surface area contributed by atoms with Crippen molar-refractivity contribution in [3.05, 3.63) is 22.4 Å². The van der Waals surface area contributed by atoms with E-state index in [1.807, 2.05) is 13.0 Å². The van der Waals surface area contributed by atoms with E-state index in [0.29, 0.717) is 12.4 Å². The second-order valence-corrected chi connectivity index (χ2v) is 3.65. The Bertz CT molecular complexity index is 335. The molecule has 0 aromatic carbocycles. The van der Waals surface area contributed by atoms with Crippen molar-refractivity contribution in [3.63, 3.8) is 0 Å². The van der Waals surface area contributed by atoms with Crippen LogP contribution in [0.1, 0.15) is 23.1 Å². The molecule has 1 aliphatic rings. The van der Waals surface area contributed by atoms with Crippen molar-refractivity contribution >= 4 is 11.5 Å². The van der Waals surface area contributed by atoms with Crippen LogP contribution < -0.4 is 0 Å². The van der Waals surface area contributed by atoms with Gasteiger partial charge in [0, 0.05) is 6.42 Å². The first-order valence-electron chi connectivity index (χ1n) is 4.09. The number of aryl methyl sites for hydroxylation is 1. The van der Waals surface area contributed by atoms with Gasteiger partial charge in [-0.2, -0.15) is 0 Å². The largest absolute Gasteiger partial charge is 0.495 e. The van der Waals surface area contributed by atoms with Crippen LogP contribution in [0.4, 0.5) is 0 Å². The van der Waals surface area contributed by atoms with Gasteiger partial charge in [-0.15, -0.1) is 5.10 Å². The van der Waals surface area contributed by atoms with Crippen molar-refractivity contribution in [2.75, 3.05) is 6.61 Å². The molecular formula is C8H10N2O2S. The molecule has 5 heteroatoms. The quantitative estimate of drug-likeness (QED) is 0.775. The number of hydrogen-bond acceptors (Lipinski definition) is 5. The van der Waals surface area contributed by atoms with Crippen molar-refractivity contribution in [2.24, 2.45) is 0 Å². The first kappa shape index (κ1) is 8.65. The lowest BCUT2D eigenvalue weighted by Crippen LogP contribution is -2.01. The van der Waals surface area contributed by atoms with Crippen molar-refractivity contribution in [2.45, 2.75) is 19.4 Å². The van der Waals surface area contributed by atoms with Crippen LogP contribution in [0.15, 0.2) is 11.8 Å². The molecule has 0 amide bonds. The molecule has 1 aliphatic heterocycles. The third kappa shape index (κ3) is 1.57. The van der Waals surface area contributed by atoms with Gasteiger partial charge in [0.25, 0.3) is 0 Å². The molecule has 1 N–H and O–H groups in total. The molecule has 4 nitrogen and oxygen atoms in total. The molecule has 70 valence electrons. The highest BCUT2D eigenvalue weighted by molar-refractivity contribution is 7.05. The molecule has 2 rings (SSSR count). The first-order valence-corrected chi connectivity index (χ1v) is 4.86. The number of aliphatic hydroxyl groups excluding tert-OH is 1. The van der Waals surface area contributed by atoms with E-state index >= 15 is 0 Å². The molecule has 1 unspecified atom stereocenters. The average Bonchev–Trinajstić information content (AvgIpc) is 2.72. The zero-order valence-corrected chi connectivity index (χ0v) is 8.04. The van der Waals surface area contributed by atoms with Crippen molar-refractivity contribution in [1.82, 2.24) is 9.59 Å². The minimum atomic E-state index is -0.678. The summed E-state index contributed by atoms with van der Waals surface area (Å²) in [5.41, 5.74) is 0.772. The van der Waals surface area contributed by atoms with Gasteiger partial charge in [0.05, 0.1) is 17.2 Å². The number of ether oxygens (including phenoxy) is 1. The van der Waals surface area contributed by atoms with E-state index in [9.17, 15) is 5.11 Å². The molecule has 2 heterocycles. The third-order valence-electron chi connectivity index (χ3n) is 1.94. The van der Waals surface area contributed by atoms with Gasteiger partial charge in [-0.3, -0.25) is 0 Å². The maximum atomic E-state index is 9.83. The highest BCUT2D eigenvalue weighted by atomic mass is 32.1. The molecule has 1 atom stereocenters. The van der Waals surface area contributed by atoms with Crippen molar-refractivity contribution in [1.29, 1.82) is 0 Å². The second-order valence-electron chi connectivity index (χ2n) is 2.87. The number of aromatic nitrogens is 2. The van der Waals surface area contributed by atoms with Gasteiger partial charge in [-0.05, 0) is 24.5 Å². The topological polar surface area (TPSA) is 55.2 Å². The van der Waals surface area contributed by atoms with Gasteiger partial charge in [0.1, 0.15) is 11.9 Å². The van der Waals surface area contributed by atoms with Gasteiger partial charge in [-0.1, -0.05) is 4.49 Å². The van der Waals surface area contributed by atoms with Gasteiger partial charge in [-0.25, -0.2) is 0 Å². The van der Waals surface area contributed by atoms with Crippen LogP contribution in [0.25, 0.3) is 0 Å². The van der Waals surface area contributed by atoms with E-state index in [0.717, 1.165) is 17.0 Å². The van der Waals surface area contributed by atoms with E-state index in [1.165, 1.54) is 11.5 Å². The summed E-state index contributed by atoms with van der Waals surface area (Å²) in [6.07, 6.45) is 2.10. The van der Waals surface area contributed by atoms with Crippen LogP contribution in [0.3, 0.4) is 0 Å². The highest BCUT2D eigenvalue weighted by Gasteiger charge is 2.21. The fourth-order valence-corrected chi connectivity index (χ4v) is 1.89.